The molecule has 0 N–H and O–H groups in total. The molecule has 2 rings (SSSR count). The number of carbonyl (C=O) groups is 1. The molecule has 5 nitrogen and oxygen atoms in total. The zero-order valence-corrected chi connectivity index (χ0v) is 14.4. The quantitative estimate of drug-likeness (QED) is 0.727. The standard InChI is InChI=1S/C20H20N2O3/c1-4-11-22(14-16-7-5-15(13-21)6-8-16)20(23)17-9-10-18(24-2)19(12-17)25-3/h4-10,12H,1,11,14H2,2-3H3. The van der Waals surface area contributed by atoms with Gasteiger partial charge in [-0.3, -0.25) is 4.79 Å². The molecule has 0 saturated heterocycles. The Bertz CT molecular complexity index is 792. The molecule has 0 radical (unpaired) electrons. The Morgan fingerprint density at radius 2 is 1.84 bits per heavy atom. The van der Waals surface area contributed by atoms with E-state index in [9.17, 15) is 4.79 Å². The molecule has 0 fully saturated rings. The SMILES string of the molecule is C=CCN(Cc1ccc(C#N)cc1)C(=O)c1ccc(OC)c(OC)c1. The van der Waals surface area contributed by atoms with Gasteiger partial charge in [0.25, 0.3) is 5.91 Å². The van der Waals surface area contributed by atoms with Crippen LogP contribution in [0.2, 0.25) is 0 Å². The van der Waals surface area contributed by atoms with Crippen molar-refractivity contribution in [2.75, 3.05) is 20.8 Å². The van der Waals surface area contributed by atoms with Crippen molar-refractivity contribution in [3.05, 3.63) is 71.8 Å². The van der Waals surface area contributed by atoms with Gasteiger partial charge in [0.05, 0.1) is 25.9 Å². The molecule has 0 heterocycles. The second kappa shape index (κ2) is 8.55. The van der Waals surface area contributed by atoms with Gasteiger partial charge < -0.3 is 14.4 Å². The fraction of sp³-hybridized carbons (Fsp3) is 0.200. The summed E-state index contributed by atoms with van der Waals surface area (Å²) in [5, 5.41) is 8.87. The monoisotopic (exact) mass is 336 g/mol. The third-order valence-corrected chi connectivity index (χ3v) is 3.72. The fourth-order valence-electron chi connectivity index (χ4n) is 2.43. The van der Waals surface area contributed by atoms with Crippen molar-refractivity contribution >= 4 is 5.91 Å². The Balaban J connectivity index is 2.25. The topological polar surface area (TPSA) is 62.6 Å². The molecular formula is C20H20N2O3. The first-order valence-corrected chi connectivity index (χ1v) is 7.74. The summed E-state index contributed by atoms with van der Waals surface area (Å²) < 4.78 is 10.5. The Labute approximate surface area is 147 Å². The van der Waals surface area contributed by atoms with Crippen LogP contribution in [0, 0.1) is 11.3 Å². The van der Waals surface area contributed by atoms with E-state index in [-0.39, 0.29) is 5.91 Å². The first kappa shape index (κ1) is 18.1. The van der Waals surface area contributed by atoms with Gasteiger partial charge in [0, 0.05) is 18.7 Å². The third-order valence-electron chi connectivity index (χ3n) is 3.72. The number of hydrogen-bond donors (Lipinski definition) is 0. The molecule has 0 aromatic heterocycles. The highest BCUT2D eigenvalue weighted by Gasteiger charge is 2.17. The van der Waals surface area contributed by atoms with Crippen molar-refractivity contribution in [2.24, 2.45) is 0 Å². The summed E-state index contributed by atoms with van der Waals surface area (Å²) in [5.74, 6) is 0.942. The molecule has 0 bridgehead atoms. The molecule has 2 aromatic carbocycles. The number of rotatable bonds is 7. The van der Waals surface area contributed by atoms with Gasteiger partial charge in [-0.1, -0.05) is 18.2 Å². The lowest BCUT2D eigenvalue weighted by Crippen LogP contribution is -2.30. The Morgan fingerprint density at radius 3 is 2.40 bits per heavy atom. The predicted octanol–water partition coefficient (Wildman–Crippen LogP) is 3.40. The lowest BCUT2D eigenvalue weighted by Gasteiger charge is -2.22. The molecule has 0 atom stereocenters. The average Bonchev–Trinajstić information content (AvgIpc) is 2.67. The Morgan fingerprint density at radius 1 is 1.16 bits per heavy atom. The zero-order valence-electron chi connectivity index (χ0n) is 14.4. The van der Waals surface area contributed by atoms with Gasteiger partial charge in [0.15, 0.2) is 11.5 Å². The molecule has 0 spiro atoms. The van der Waals surface area contributed by atoms with Crippen LogP contribution in [0.25, 0.3) is 0 Å². The molecule has 2 aromatic rings. The van der Waals surface area contributed by atoms with E-state index in [1.54, 1.807) is 48.4 Å². The van der Waals surface area contributed by atoms with Crippen molar-refractivity contribution in [2.45, 2.75) is 6.54 Å². The summed E-state index contributed by atoms with van der Waals surface area (Å²) in [6.07, 6.45) is 1.68. The van der Waals surface area contributed by atoms with Gasteiger partial charge in [-0.15, -0.1) is 6.58 Å². The summed E-state index contributed by atoms with van der Waals surface area (Å²) in [7, 11) is 3.08. The molecule has 25 heavy (non-hydrogen) atoms. The minimum atomic E-state index is -0.134. The molecule has 0 aliphatic heterocycles. The van der Waals surface area contributed by atoms with Crippen LogP contribution in [0.5, 0.6) is 11.5 Å². The van der Waals surface area contributed by atoms with Crippen LogP contribution >= 0.6 is 0 Å². The van der Waals surface area contributed by atoms with Gasteiger partial charge in [0.2, 0.25) is 0 Å². The number of methoxy groups -OCH3 is 2. The lowest BCUT2D eigenvalue weighted by molar-refractivity contribution is 0.0762. The largest absolute Gasteiger partial charge is 0.493 e. The van der Waals surface area contributed by atoms with Crippen molar-refractivity contribution < 1.29 is 14.3 Å². The Kier molecular flexibility index (Phi) is 6.19. The number of carbonyl (C=O) groups excluding carboxylic acids is 1. The van der Waals surface area contributed by atoms with E-state index >= 15 is 0 Å². The summed E-state index contributed by atoms with van der Waals surface area (Å²) >= 11 is 0. The smallest absolute Gasteiger partial charge is 0.254 e. The first-order chi connectivity index (χ1) is 12.1. The highest BCUT2D eigenvalue weighted by atomic mass is 16.5. The number of ether oxygens (including phenoxy) is 2. The molecule has 128 valence electrons. The van der Waals surface area contributed by atoms with Gasteiger partial charge >= 0.3 is 0 Å². The maximum absolute atomic E-state index is 12.9. The fourth-order valence-corrected chi connectivity index (χ4v) is 2.43. The number of nitriles is 1. The predicted molar refractivity (Wildman–Crippen MR) is 95.6 cm³/mol. The number of nitrogens with zero attached hydrogens (tertiary/aromatic N) is 2. The molecular weight excluding hydrogens is 316 g/mol. The molecule has 0 unspecified atom stereocenters. The minimum absolute atomic E-state index is 0.134. The summed E-state index contributed by atoms with van der Waals surface area (Å²) in [6.45, 7) is 4.56. The second-order valence-electron chi connectivity index (χ2n) is 5.35. The maximum atomic E-state index is 12.9. The van der Waals surface area contributed by atoms with E-state index in [1.165, 1.54) is 7.11 Å². The van der Waals surface area contributed by atoms with Crippen molar-refractivity contribution in [3.63, 3.8) is 0 Å². The van der Waals surface area contributed by atoms with Crippen LogP contribution in [0.4, 0.5) is 0 Å². The van der Waals surface area contributed by atoms with E-state index in [1.807, 2.05) is 12.1 Å². The van der Waals surface area contributed by atoms with Gasteiger partial charge in [-0.2, -0.15) is 5.26 Å². The summed E-state index contributed by atoms with van der Waals surface area (Å²) in [6, 6.07) is 14.3. The van der Waals surface area contributed by atoms with Gasteiger partial charge in [-0.25, -0.2) is 0 Å². The van der Waals surface area contributed by atoms with Crippen LogP contribution in [-0.2, 0) is 6.54 Å². The normalized spacial score (nSPS) is 9.80. The minimum Gasteiger partial charge on any atom is -0.493 e. The second-order valence-corrected chi connectivity index (χ2v) is 5.35. The summed E-state index contributed by atoms with van der Waals surface area (Å²) in [4.78, 5) is 14.5. The summed E-state index contributed by atoms with van der Waals surface area (Å²) in [5.41, 5.74) is 2.04. The van der Waals surface area contributed by atoms with Crippen LogP contribution in [0.15, 0.2) is 55.1 Å². The van der Waals surface area contributed by atoms with E-state index in [0.717, 1.165) is 5.56 Å². The Hall–Kier alpha value is -3.26. The number of amides is 1. The average molecular weight is 336 g/mol. The van der Waals surface area contributed by atoms with Crippen LogP contribution < -0.4 is 9.47 Å². The van der Waals surface area contributed by atoms with Gasteiger partial charge in [0.1, 0.15) is 0 Å². The van der Waals surface area contributed by atoms with Crippen LogP contribution in [-0.4, -0.2) is 31.6 Å². The number of hydrogen-bond acceptors (Lipinski definition) is 4. The van der Waals surface area contributed by atoms with E-state index in [4.69, 9.17) is 14.7 Å². The lowest BCUT2D eigenvalue weighted by atomic mass is 10.1. The zero-order chi connectivity index (χ0) is 18.2. The van der Waals surface area contributed by atoms with E-state index in [0.29, 0.717) is 35.7 Å². The van der Waals surface area contributed by atoms with Crippen molar-refractivity contribution in [1.29, 1.82) is 5.26 Å². The molecule has 5 heteroatoms. The highest BCUT2D eigenvalue weighted by molar-refractivity contribution is 5.95. The molecule has 0 aliphatic rings. The molecule has 0 saturated carbocycles. The molecule has 1 amide bonds. The maximum Gasteiger partial charge on any atom is 0.254 e. The van der Waals surface area contributed by atoms with Crippen molar-refractivity contribution in [3.8, 4) is 17.6 Å². The molecule has 0 aliphatic carbocycles. The van der Waals surface area contributed by atoms with Crippen LogP contribution in [0.1, 0.15) is 21.5 Å². The highest BCUT2D eigenvalue weighted by Crippen LogP contribution is 2.28. The van der Waals surface area contributed by atoms with E-state index in [2.05, 4.69) is 12.6 Å². The number of benzene rings is 2. The van der Waals surface area contributed by atoms with Crippen molar-refractivity contribution in [1.82, 2.24) is 4.90 Å². The van der Waals surface area contributed by atoms with Gasteiger partial charge in [-0.05, 0) is 35.9 Å². The van der Waals surface area contributed by atoms with Crippen LogP contribution in [0.3, 0.4) is 0 Å². The van der Waals surface area contributed by atoms with E-state index < -0.39 is 0 Å². The first-order valence-electron chi connectivity index (χ1n) is 7.74. The third kappa shape index (κ3) is 4.39.